The molecule has 2 aliphatic rings. The van der Waals surface area contributed by atoms with Gasteiger partial charge in [0.1, 0.15) is 18.1 Å². The first-order valence-electron chi connectivity index (χ1n) is 11.7. The van der Waals surface area contributed by atoms with Crippen molar-refractivity contribution in [3.8, 4) is 5.75 Å². The van der Waals surface area contributed by atoms with Crippen molar-refractivity contribution < 1.29 is 18.7 Å². The first kappa shape index (κ1) is 23.0. The average molecular weight is 451 g/mol. The summed E-state index contributed by atoms with van der Waals surface area (Å²) in [6.07, 6.45) is 9.11. The fraction of sp³-hybridized carbons (Fsp3) is 0.407. The van der Waals surface area contributed by atoms with Gasteiger partial charge in [0.05, 0.1) is 13.2 Å². The number of ether oxygens (including phenoxy) is 1. The number of carbonyl (C=O) groups is 2. The lowest BCUT2D eigenvalue weighted by molar-refractivity contribution is -0.144. The minimum Gasteiger partial charge on any atom is -0.497 e. The van der Waals surface area contributed by atoms with Crippen LogP contribution >= 0.6 is 0 Å². The molecule has 0 spiro atoms. The van der Waals surface area contributed by atoms with Crippen molar-refractivity contribution in [2.75, 3.05) is 20.2 Å². The topological polar surface area (TPSA) is 49.9 Å². The van der Waals surface area contributed by atoms with Gasteiger partial charge in [0.2, 0.25) is 11.8 Å². The van der Waals surface area contributed by atoms with Crippen molar-refractivity contribution in [1.29, 1.82) is 0 Å². The predicted octanol–water partition coefficient (Wildman–Crippen LogP) is 4.88. The van der Waals surface area contributed by atoms with Gasteiger partial charge in [0, 0.05) is 19.0 Å². The van der Waals surface area contributed by atoms with Gasteiger partial charge in [-0.15, -0.1) is 0 Å². The van der Waals surface area contributed by atoms with Crippen molar-refractivity contribution in [2.24, 2.45) is 5.92 Å². The molecule has 0 bridgehead atoms. The summed E-state index contributed by atoms with van der Waals surface area (Å²) in [4.78, 5) is 30.2. The minimum atomic E-state index is -0.311. The van der Waals surface area contributed by atoms with Gasteiger partial charge in [-0.25, -0.2) is 4.39 Å². The number of nitrogens with zero attached hydrogens (tertiary/aromatic N) is 2. The summed E-state index contributed by atoms with van der Waals surface area (Å²) in [6, 6.07) is 13.6. The Kier molecular flexibility index (Phi) is 7.43. The summed E-state index contributed by atoms with van der Waals surface area (Å²) >= 11 is 0. The monoisotopic (exact) mass is 450 g/mol. The van der Waals surface area contributed by atoms with E-state index in [1.54, 1.807) is 29.0 Å². The molecular weight excluding hydrogens is 419 g/mol. The molecule has 2 aromatic rings. The molecule has 0 aromatic heterocycles. The number of methoxy groups -OCH3 is 1. The minimum absolute atomic E-state index is 0.0160. The second-order valence-corrected chi connectivity index (χ2v) is 8.85. The number of carbonyl (C=O) groups excluding carboxylic acids is 2. The molecule has 1 atom stereocenters. The highest BCUT2D eigenvalue weighted by Crippen LogP contribution is 2.29. The van der Waals surface area contributed by atoms with E-state index in [2.05, 4.69) is 0 Å². The lowest BCUT2D eigenvalue weighted by Crippen LogP contribution is -2.47. The SMILES string of the molecule is COc1ccc([C@H]2/C=C\CN(C(=O)C3CCCCC3)CC(=O)N2Cc2ccc(F)cc2)cc1. The van der Waals surface area contributed by atoms with Crippen LogP contribution in [-0.4, -0.2) is 41.8 Å². The van der Waals surface area contributed by atoms with E-state index >= 15 is 0 Å². The van der Waals surface area contributed by atoms with Gasteiger partial charge in [0.15, 0.2) is 0 Å². The molecule has 2 aromatic carbocycles. The zero-order valence-electron chi connectivity index (χ0n) is 19.1. The molecule has 6 heteroatoms. The lowest BCUT2D eigenvalue weighted by Gasteiger charge is -2.36. The molecule has 5 nitrogen and oxygen atoms in total. The Morgan fingerprint density at radius 3 is 2.39 bits per heavy atom. The Labute approximate surface area is 194 Å². The van der Waals surface area contributed by atoms with Gasteiger partial charge in [-0.3, -0.25) is 9.59 Å². The van der Waals surface area contributed by atoms with Crippen LogP contribution in [0.2, 0.25) is 0 Å². The Morgan fingerprint density at radius 1 is 1.03 bits per heavy atom. The van der Waals surface area contributed by atoms with Crippen LogP contribution in [0.1, 0.15) is 49.3 Å². The van der Waals surface area contributed by atoms with Crippen LogP contribution in [0.3, 0.4) is 0 Å². The average Bonchev–Trinajstić information content (AvgIpc) is 2.85. The van der Waals surface area contributed by atoms with Crippen LogP contribution in [0.5, 0.6) is 5.75 Å². The van der Waals surface area contributed by atoms with Gasteiger partial charge in [-0.05, 0) is 48.2 Å². The third kappa shape index (κ3) is 5.62. The van der Waals surface area contributed by atoms with Gasteiger partial charge >= 0.3 is 0 Å². The standard InChI is InChI=1S/C27H31FN2O3/c1-33-24-15-11-21(12-16-24)25-8-5-17-29(27(32)22-6-3-2-4-7-22)19-26(31)30(25)18-20-9-13-23(28)14-10-20/h5,8-16,22,25H,2-4,6-7,17-19H2,1H3/b8-5-/t25-/m1/s1. The van der Waals surface area contributed by atoms with Crippen molar-refractivity contribution in [2.45, 2.75) is 44.7 Å². The van der Waals surface area contributed by atoms with E-state index in [0.29, 0.717) is 13.1 Å². The van der Waals surface area contributed by atoms with Crippen LogP contribution < -0.4 is 4.74 Å². The van der Waals surface area contributed by atoms with Gasteiger partial charge in [-0.1, -0.05) is 55.7 Å². The molecule has 0 N–H and O–H groups in total. The summed E-state index contributed by atoms with van der Waals surface area (Å²) < 4.78 is 18.7. The molecule has 0 saturated heterocycles. The van der Waals surface area contributed by atoms with Crippen molar-refractivity contribution in [3.63, 3.8) is 0 Å². The molecule has 0 unspecified atom stereocenters. The summed E-state index contributed by atoms with van der Waals surface area (Å²) in [5.41, 5.74) is 1.79. The molecule has 1 aliphatic heterocycles. The number of benzene rings is 2. The zero-order chi connectivity index (χ0) is 23.2. The molecule has 1 saturated carbocycles. The van der Waals surface area contributed by atoms with Gasteiger partial charge < -0.3 is 14.5 Å². The maximum absolute atomic E-state index is 13.5. The van der Waals surface area contributed by atoms with Crippen LogP contribution in [0.4, 0.5) is 4.39 Å². The van der Waals surface area contributed by atoms with Crippen molar-refractivity contribution >= 4 is 11.8 Å². The molecule has 33 heavy (non-hydrogen) atoms. The van der Waals surface area contributed by atoms with E-state index in [1.807, 2.05) is 36.4 Å². The van der Waals surface area contributed by atoms with Crippen LogP contribution in [-0.2, 0) is 16.1 Å². The molecular formula is C27H31FN2O3. The Bertz CT molecular complexity index is 981. The molecule has 174 valence electrons. The number of halogens is 1. The van der Waals surface area contributed by atoms with E-state index in [9.17, 15) is 14.0 Å². The highest BCUT2D eigenvalue weighted by Gasteiger charge is 2.31. The number of hydrogen-bond acceptors (Lipinski definition) is 3. The third-order valence-corrected chi connectivity index (χ3v) is 6.62. The number of rotatable bonds is 5. The van der Waals surface area contributed by atoms with E-state index < -0.39 is 0 Å². The van der Waals surface area contributed by atoms with Crippen molar-refractivity contribution in [3.05, 3.63) is 77.6 Å². The van der Waals surface area contributed by atoms with Crippen LogP contribution in [0.15, 0.2) is 60.7 Å². The van der Waals surface area contributed by atoms with E-state index in [1.165, 1.54) is 18.6 Å². The van der Waals surface area contributed by atoms with E-state index in [4.69, 9.17) is 4.74 Å². The predicted molar refractivity (Wildman–Crippen MR) is 125 cm³/mol. The largest absolute Gasteiger partial charge is 0.497 e. The fourth-order valence-electron chi connectivity index (χ4n) is 4.74. The Balaban J connectivity index is 1.62. The second-order valence-electron chi connectivity index (χ2n) is 8.85. The first-order valence-corrected chi connectivity index (χ1v) is 11.7. The number of hydrogen-bond donors (Lipinski definition) is 0. The Morgan fingerprint density at radius 2 is 1.73 bits per heavy atom. The fourth-order valence-corrected chi connectivity index (χ4v) is 4.74. The summed E-state index contributed by atoms with van der Waals surface area (Å²) in [5.74, 6) is 0.413. The maximum atomic E-state index is 13.5. The van der Waals surface area contributed by atoms with Crippen molar-refractivity contribution in [1.82, 2.24) is 9.80 Å². The van der Waals surface area contributed by atoms with Gasteiger partial charge in [0.25, 0.3) is 0 Å². The van der Waals surface area contributed by atoms with E-state index in [0.717, 1.165) is 42.6 Å². The number of amides is 2. The Hall–Kier alpha value is -3.15. The molecule has 0 radical (unpaired) electrons. The van der Waals surface area contributed by atoms with Gasteiger partial charge in [-0.2, -0.15) is 0 Å². The first-order chi connectivity index (χ1) is 16.0. The zero-order valence-corrected chi connectivity index (χ0v) is 19.1. The summed E-state index contributed by atoms with van der Waals surface area (Å²) in [6.45, 7) is 0.803. The molecule has 1 heterocycles. The quantitative estimate of drug-likeness (QED) is 0.610. The maximum Gasteiger partial charge on any atom is 0.243 e. The summed E-state index contributed by atoms with van der Waals surface area (Å²) in [7, 11) is 1.62. The second kappa shape index (κ2) is 10.6. The molecule has 1 aliphatic carbocycles. The van der Waals surface area contributed by atoms with E-state index in [-0.39, 0.29) is 36.1 Å². The van der Waals surface area contributed by atoms with Crippen LogP contribution in [0.25, 0.3) is 0 Å². The third-order valence-electron chi connectivity index (χ3n) is 6.62. The molecule has 1 fully saturated rings. The molecule has 2 amide bonds. The van der Waals surface area contributed by atoms with Crippen LogP contribution in [0, 0.1) is 11.7 Å². The highest BCUT2D eigenvalue weighted by molar-refractivity contribution is 5.86. The summed E-state index contributed by atoms with van der Waals surface area (Å²) in [5, 5.41) is 0. The normalized spacial score (nSPS) is 20.8. The smallest absolute Gasteiger partial charge is 0.243 e. The lowest BCUT2D eigenvalue weighted by atomic mass is 9.88. The highest BCUT2D eigenvalue weighted by atomic mass is 19.1. The molecule has 4 rings (SSSR count).